The van der Waals surface area contributed by atoms with Crippen LogP contribution in [0.4, 0.5) is 8.78 Å². The van der Waals surface area contributed by atoms with E-state index in [1.165, 1.54) is 26.0 Å². The first-order valence-corrected chi connectivity index (χ1v) is 5.06. The minimum absolute atomic E-state index is 0.124. The smallest absolute Gasteiger partial charge is 0.381 e. The molecule has 1 aromatic carbocycles. The van der Waals surface area contributed by atoms with Crippen LogP contribution in [0.1, 0.15) is 29.8 Å². The lowest BCUT2D eigenvalue weighted by Crippen LogP contribution is -2.28. The van der Waals surface area contributed by atoms with Gasteiger partial charge in [0.1, 0.15) is 0 Å². The van der Waals surface area contributed by atoms with Crippen molar-refractivity contribution in [1.82, 2.24) is 0 Å². The molecule has 0 atom stereocenters. The molecule has 0 spiro atoms. The van der Waals surface area contributed by atoms with Gasteiger partial charge in [-0.3, -0.25) is 4.79 Å². The quantitative estimate of drug-likeness (QED) is 0.602. The summed E-state index contributed by atoms with van der Waals surface area (Å²) in [4.78, 5) is 22.1. The molecule has 0 amide bonds. The number of hydrogen-bond donors (Lipinski definition) is 0. The van der Waals surface area contributed by atoms with E-state index in [0.717, 1.165) is 12.1 Å². The molecule has 0 heterocycles. The lowest BCUT2D eigenvalue weighted by atomic mass is 10.0. The third-order valence-electron chi connectivity index (χ3n) is 2.16. The molecule has 0 saturated heterocycles. The van der Waals surface area contributed by atoms with Crippen LogP contribution in [0.2, 0.25) is 0 Å². The summed E-state index contributed by atoms with van der Waals surface area (Å²) in [6.07, 6.45) is 0. The van der Waals surface area contributed by atoms with Crippen molar-refractivity contribution < 1.29 is 23.1 Å². The molecule has 0 aromatic heterocycles. The first-order chi connectivity index (χ1) is 7.89. The van der Waals surface area contributed by atoms with Crippen molar-refractivity contribution in [3.8, 4) is 0 Å². The molecule has 0 saturated carbocycles. The summed E-state index contributed by atoms with van der Waals surface area (Å²) in [6.45, 7) is 2.59. The van der Waals surface area contributed by atoms with Gasteiger partial charge in [-0.15, -0.1) is 0 Å². The van der Waals surface area contributed by atoms with Gasteiger partial charge in [-0.2, -0.15) is 8.78 Å². The van der Waals surface area contributed by atoms with Crippen LogP contribution in [0.3, 0.4) is 0 Å². The Labute approximate surface area is 97.4 Å². The van der Waals surface area contributed by atoms with Gasteiger partial charge in [0.05, 0.1) is 6.61 Å². The fourth-order valence-corrected chi connectivity index (χ4v) is 1.27. The molecule has 0 aliphatic heterocycles. The molecule has 17 heavy (non-hydrogen) atoms. The van der Waals surface area contributed by atoms with Gasteiger partial charge in [-0.1, -0.05) is 18.2 Å². The van der Waals surface area contributed by atoms with Crippen molar-refractivity contribution in [2.24, 2.45) is 0 Å². The van der Waals surface area contributed by atoms with Crippen LogP contribution in [0, 0.1) is 0 Å². The van der Waals surface area contributed by atoms with Gasteiger partial charge in [0, 0.05) is 11.1 Å². The van der Waals surface area contributed by atoms with E-state index in [2.05, 4.69) is 4.74 Å². The van der Waals surface area contributed by atoms with Crippen molar-refractivity contribution in [1.29, 1.82) is 0 Å². The molecule has 5 heteroatoms. The Kier molecular flexibility index (Phi) is 3.93. The second kappa shape index (κ2) is 5.03. The fourth-order valence-electron chi connectivity index (χ4n) is 1.27. The predicted molar refractivity (Wildman–Crippen MR) is 57.0 cm³/mol. The summed E-state index contributed by atoms with van der Waals surface area (Å²) in [5, 5.41) is 0. The summed E-state index contributed by atoms with van der Waals surface area (Å²) in [5.74, 6) is -5.69. The highest BCUT2D eigenvalue weighted by molar-refractivity contribution is 5.94. The molecule has 0 unspecified atom stereocenters. The van der Waals surface area contributed by atoms with E-state index in [1.807, 2.05) is 0 Å². The molecule has 92 valence electrons. The average molecular weight is 242 g/mol. The Morgan fingerprint density at radius 1 is 1.35 bits per heavy atom. The summed E-state index contributed by atoms with van der Waals surface area (Å²) in [5.41, 5.74) is -0.407. The van der Waals surface area contributed by atoms with Gasteiger partial charge >= 0.3 is 11.9 Å². The number of ketones is 1. The molecule has 1 aromatic rings. The summed E-state index contributed by atoms with van der Waals surface area (Å²) in [7, 11) is 0. The Morgan fingerprint density at radius 2 is 2.00 bits per heavy atom. The highest BCUT2D eigenvalue weighted by atomic mass is 19.3. The second-order valence-corrected chi connectivity index (χ2v) is 3.43. The number of benzene rings is 1. The van der Waals surface area contributed by atoms with E-state index >= 15 is 0 Å². The standard InChI is InChI=1S/C12H12F2O3/c1-3-17-11(16)12(13,14)10-6-4-5-9(7-10)8(2)15/h4-7H,3H2,1-2H3. The van der Waals surface area contributed by atoms with Crippen LogP contribution in [0.5, 0.6) is 0 Å². The Morgan fingerprint density at radius 3 is 2.53 bits per heavy atom. The lowest BCUT2D eigenvalue weighted by molar-refractivity contribution is -0.173. The van der Waals surface area contributed by atoms with Crippen LogP contribution in [0.25, 0.3) is 0 Å². The van der Waals surface area contributed by atoms with Gasteiger partial charge in [0.25, 0.3) is 0 Å². The topological polar surface area (TPSA) is 43.4 Å². The number of esters is 1. The zero-order valence-electron chi connectivity index (χ0n) is 9.50. The molecule has 3 nitrogen and oxygen atoms in total. The Balaban J connectivity index is 3.10. The van der Waals surface area contributed by atoms with E-state index in [4.69, 9.17) is 0 Å². The first kappa shape index (κ1) is 13.3. The van der Waals surface area contributed by atoms with Crippen molar-refractivity contribution in [3.63, 3.8) is 0 Å². The Bertz CT molecular complexity index is 441. The Hall–Kier alpha value is -1.78. The maximum absolute atomic E-state index is 13.6. The second-order valence-electron chi connectivity index (χ2n) is 3.43. The van der Waals surface area contributed by atoms with E-state index < -0.39 is 17.5 Å². The van der Waals surface area contributed by atoms with Crippen molar-refractivity contribution in [2.45, 2.75) is 19.8 Å². The van der Waals surface area contributed by atoms with Crippen LogP contribution < -0.4 is 0 Å². The fraction of sp³-hybridized carbons (Fsp3) is 0.333. The van der Waals surface area contributed by atoms with E-state index in [1.54, 1.807) is 0 Å². The maximum atomic E-state index is 13.6. The third-order valence-corrected chi connectivity index (χ3v) is 2.16. The average Bonchev–Trinajstić information content (AvgIpc) is 2.29. The molecule has 0 aliphatic rings. The van der Waals surface area contributed by atoms with Crippen molar-refractivity contribution in [2.75, 3.05) is 6.61 Å². The highest BCUT2D eigenvalue weighted by Gasteiger charge is 2.42. The minimum Gasteiger partial charge on any atom is -0.461 e. The van der Waals surface area contributed by atoms with Crippen molar-refractivity contribution >= 4 is 11.8 Å². The van der Waals surface area contributed by atoms with Gasteiger partial charge in [0.2, 0.25) is 0 Å². The number of Topliss-reactive ketones (excluding diaryl/α,β-unsaturated/α-hetero) is 1. The number of ether oxygens (including phenoxy) is 1. The number of hydrogen-bond acceptors (Lipinski definition) is 3. The molecular formula is C12H12F2O3. The lowest BCUT2D eigenvalue weighted by Gasteiger charge is -2.15. The number of alkyl halides is 2. The largest absolute Gasteiger partial charge is 0.461 e. The molecular weight excluding hydrogens is 230 g/mol. The van der Waals surface area contributed by atoms with E-state index in [9.17, 15) is 18.4 Å². The monoisotopic (exact) mass is 242 g/mol. The predicted octanol–water partition coefficient (Wildman–Crippen LogP) is 2.54. The van der Waals surface area contributed by atoms with Gasteiger partial charge in [0.15, 0.2) is 5.78 Å². The van der Waals surface area contributed by atoms with Crippen LogP contribution in [-0.4, -0.2) is 18.4 Å². The first-order valence-electron chi connectivity index (χ1n) is 5.06. The number of halogens is 2. The summed E-state index contributed by atoms with van der Waals surface area (Å²) in [6, 6.07) is 4.80. The molecule has 0 fully saturated rings. The minimum atomic E-state index is -3.73. The van der Waals surface area contributed by atoms with Crippen molar-refractivity contribution in [3.05, 3.63) is 35.4 Å². The highest BCUT2D eigenvalue weighted by Crippen LogP contribution is 2.30. The van der Waals surface area contributed by atoms with Crippen LogP contribution in [-0.2, 0) is 15.5 Å². The molecule has 0 N–H and O–H groups in total. The van der Waals surface area contributed by atoms with E-state index in [0.29, 0.717) is 0 Å². The van der Waals surface area contributed by atoms with Gasteiger partial charge in [-0.05, 0) is 19.9 Å². The zero-order chi connectivity index (χ0) is 13.1. The maximum Gasteiger partial charge on any atom is 0.381 e. The molecule has 0 bridgehead atoms. The molecule has 0 aliphatic carbocycles. The van der Waals surface area contributed by atoms with Crippen LogP contribution >= 0.6 is 0 Å². The number of rotatable bonds is 4. The normalized spacial score (nSPS) is 11.1. The number of carbonyl (C=O) groups is 2. The van der Waals surface area contributed by atoms with Crippen LogP contribution in [0.15, 0.2) is 24.3 Å². The summed E-state index contributed by atoms with van der Waals surface area (Å²) < 4.78 is 31.5. The van der Waals surface area contributed by atoms with Gasteiger partial charge < -0.3 is 4.74 Å². The van der Waals surface area contributed by atoms with Gasteiger partial charge in [-0.25, -0.2) is 4.79 Å². The number of carbonyl (C=O) groups excluding carboxylic acids is 2. The zero-order valence-corrected chi connectivity index (χ0v) is 9.50. The molecule has 0 radical (unpaired) electrons. The third kappa shape index (κ3) is 2.87. The van der Waals surface area contributed by atoms with E-state index in [-0.39, 0.29) is 18.0 Å². The summed E-state index contributed by atoms with van der Waals surface area (Å²) >= 11 is 0. The SMILES string of the molecule is CCOC(=O)C(F)(F)c1cccc(C(C)=O)c1. The molecule has 1 rings (SSSR count).